The molecular weight excluding hydrogens is 368 g/mol. The van der Waals surface area contributed by atoms with Crippen LogP contribution in [0.2, 0.25) is 0 Å². The van der Waals surface area contributed by atoms with Crippen LogP contribution in [0, 0.1) is 13.8 Å². The van der Waals surface area contributed by atoms with Crippen molar-refractivity contribution < 1.29 is 22.7 Å². The predicted octanol–water partition coefficient (Wildman–Crippen LogP) is 2.06. The van der Waals surface area contributed by atoms with Crippen molar-refractivity contribution in [2.75, 3.05) is 26.6 Å². The van der Waals surface area contributed by atoms with Gasteiger partial charge in [-0.2, -0.15) is 0 Å². The molecule has 1 aromatic heterocycles. The van der Waals surface area contributed by atoms with Crippen LogP contribution in [0.25, 0.3) is 0 Å². The van der Waals surface area contributed by atoms with Gasteiger partial charge < -0.3 is 14.8 Å². The predicted molar refractivity (Wildman–Crippen MR) is 102 cm³/mol. The number of benzene rings is 1. The number of nitrogens with zero attached hydrogens (tertiary/aromatic N) is 1. The van der Waals surface area contributed by atoms with Gasteiger partial charge in [-0.15, -0.1) is 0 Å². The van der Waals surface area contributed by atoms with Gasteiger partial charge in [0.25, 0.3) is 5.91 Å². The van der Waals surface area contributed by atoms with E-state index in [9.17, 15) is 13.2 Å². The highest BCUT2D eigenvalue weighted by Gasteiger charge is 2.16. The Morgan fingerprint density at radius 2 is 1.81 bits per heavy atom. The van der Waals surface area contributed by atoms with Crippen LogP contribution >= 0.6 is 0 Å². The topological polar surface area (TPSA) is 94.6 Å². The van der Waals surface area contributed by atoms with Crippen LogP contribution in [0.15, 0.2) is 35.4 Å². The summed E-state index contributed by atoms with van der Waals surface area (Å²) >= 11 is 0. The van der Waals surface area contributed by atoms with Gasteiger partial charge in [0.05, 0.1) is 36.6 Å². The zero-order valence-electron chi connectivity index (χ0n) is 15.9. The summed E-state index contributed by atoms with van der Waals surface area (Å²) in [4.78, 5) is 16.8. The molecule has 0 aliphatic carbocycles. The van der Waals surface area contributed by atoms with Crippen LogP contribution in [0.1, 0.15) is 27.2 Å². The second-order valence-corrected chi connectivity index (χ2v) is 8.17. The molecule has 0 aliphatic rings. The van der Waals surface area contributed by atoms with Crippen molar-refractivity contribution in [3.8, 4) is 5.75 Å². The molecule has 8 heteroatoms. The number of methoxy groups -OCH3 is 2. The summed E-state index contributed by atoms with van der Waals surface area (Å²) in [5.41, 5.74) is 2.88. The van der Waals surface area contributed by atoms with E-state index < -0.39 is 9.84 Å². The van der Waals surface area contributed by atoms with E-state index in [0.717, 1.165) is 16.9 Å². The van der Waals surface area contributed by atoms with Gasteiger partial charge in [-0.1, -0.05) is 0 Å². The van der Waals surface area contributed by atoms with Crippen molar-refractivity contribution >= 4 is 15.7 Å². The Bertz CT molecular complexity index is 908. The molecule has 7 nitrogen and oxygen atoms in total. The number of aryl methyl sites for hydroxylation is 1. The summed E-state index contributed by atoms with van der Waals surface area (Å²) < 4.78 is 34.4. The number of rotatable bonds is 8. The zero-order chi connectivity index (χ0) is 20.0. The maximum absolute atomic E-state index is 12.3. The van der Waals surface area contributed by atoms with E-state index in [4.69, 9.17) is 9.47 Å². The first-order valence-electron chi connectivity index (χ1n) is 8.39. The van der Waals surface area contributed by atoms with Crippen molar-refractivity contribution in [2.24, 2.45) is 0 Å². The van der Waals surface area contributed by atoms with Gasteiger partial charge in [0, 0.05) is 30.0 Å². The van der Waals surface area contributed by atoms with Gasteiger partial charge in [-0.25, -0.2) is 8.42 Å². The lowest BCUT2D eigenvalue weighted by atomic mass is 10.1. The summed E-state index contributed by atoms with van der Waals surface area (Å²) in [6.07, 6.45) is 1.70. The fourth-order valence-electron chi connectivity index (χ4n) is 2.64. The quantitative estimate of drug-likeness (QED) is 0.739. The number of carbonyl (C=O) groups excluding carboxylic acids is 1. The van der Waals surface area contributed by atoms with E-state index in [1.54, 1.807) is 13.3 Å². The summed E-state index contributed by atoms with van der Waals surface area (Å²) in [5.74, 6) is 0.339. The van der Waals surface area contributed by atoms with Crippen LogP contribution in [0.5, 0.6) is 5.75 Å². The Hall–Kier alpha value is -2.45. The highest BCUT2D eigenvalue weighted by Crippen LogP contribution is 2.23. The fourth-order valence-corrected chi connectivity index (χ4v) is 3.81. The molecular formula is C19H24N2O5S. The minimum atomic E-state index is -3.42. The van der Waals surface area contributed by atoms with Gasteiger partial charge in [0.1, 0.15) is 5.75 Å². The van der Waals surface area contributed by atoms with Gasteiger partial charge in [0.15, 0.2) is 9.84 Å². The van der Waals surface area contributed by atoms with Crippen molar-refractivity contribution in [1.29, 1.82) is 0 Å². The molecule has 0 saturated carbocycles. The first-order valence-corrected chi connectivity index (χ1v) is 10.0. The van der Waals surface area contributed by atoms with Gasteiger partial charge in [-0.3, -0.25) is 9.78 Å². The molecule has 146 valence electrons. The molecule has 1 amide bonds. The van der Waals surface area contributed by atoms with Crippen LogP contribution in [-0.2, 0) is 21.1 Å². The second kappa shape index (κ2) is 8.96. The lowest BCUT2D eigenvalue weighted by molar-refractivity contribution is 0.0950. The van der Waals surface area contributed by atoms with E-state index in [1.807, 2.05) is 13.8 Å². The van der Waals surface area contributed by atoms with Crippen LogP contribution < -0.4 is 10.1 Å². The Balaban J connectivity index is 2.07. The molecule has 2 rings (SSSR count). The fraction of sp³-hybridized carbons (Fsp3) is 0.368. The molecule has 27 heavy (non-hydrogen) atoms. The number of carbonyl (C=O) groups is 1. The third-order valence-corrected chi connectivity index (χ3v) is 5.89. The first-order chi connectivity index (χ1) is 12.8. The lowest BCUT2D eigenvalue weighted by Gasteiger charge is -2.13. The smallest absolute Gasteiger partial charge is 0.251 e. The number of hydrogen-bond donors (Lipinski definition) is 1. The standard InChI is InChI=1S/C19H24N2O5S/c1-13-11-20-17(14(2)18(13)26-4)12-21-19(22)15-5-7-16(8-6-15)27(23,24)10-9-25-3/h5-8,11H,9-10,12H2,1-4H3,(H,21,22). The number of aromatic nitrogens is 1. The number of amides is 1. The minimum Gasteiger partial charge on any atom is -0.496 e. The molecule has 0 spiro atoms. The third-order valence-electron chi connectivity index (χ3n) is 4.20. The Labute approximate surface area is 159 Å². The summed E-state index contributed by atoms with van der Waals surface area (Å²) in [6.45, 7) is 4.16. The number of sulfone groups is 1. The molecule has 1 N–H and O–H groups in total. The van der Waals surface area contributed by atoms with Crippen molar-refractivity contribution in [1.82, 2.24) is 10.3 Å². The molecule has 0 radical (unpaired) electrons. The molecule has 2 aromatic rings. The van der Waals surface area contributed by atoms with Crippen molar-refractivity contribution in [2.45, 2.75) is 25.3 Å². The highest BCUT2D eigenvalue weighted by atomic mass is 32.2. The van der Waals surface area contributed by atoms with Gasteiger partial charge >= 0.3 is 0 Å². The Kier molecular flexibility index (Phi) is 6.92. The molecule has 0 fully saturated rings. The maximum atomic E-state index is 12.3. The monoisotopic (exact) mass is 392 g/mol. The maximum Gasteiger partial charge on any atom is 0.251 e. The second-order valence-electron chi connectivity index (χ2n) is 6.06. The Morgan fingerprint density at radius 1 is 1.15 bits per heavy atom. The number of hydrogen-bond acceptors (Lipinski definition) is 6. The third kappa shape index (κ3) is 5.05. The number of ether oxygens (including phenoxy) is 2. The van der Waals surface area contributed by atoms with Crippen LogP contribution in [0.3, 0.4) is 0 Å². The molecule has 0 bridgehead atoms. The molecule has 0 atom stereocenters. The lowest BCUT2D eigenvalue weighted by Crippen LogP contribution is -2.24. The van der Waals surface area contributed by atoms with Crippen LogP contribution in [0.4, 0.5) is 0 Å². The normalized spacial score (nSPS) is 11.3. The van der Waals surface area contributed by atoms with Crippen molar-refractivity contribution in [3.05, 3.63) is 52.8 Å². The van der Waals surface area contributed by atoms with E-state index >= 15 is 0 Å². The van der Waals surface area contributed by atoms with E-state index in [0.29, 0.717) is 11.3 Å². The van der Waals surface area contributed by atoms with Gasteiger partial charge in [0.2, 0.25) is 0 Å². The van der Waals surface area contributed by atoms with E-state index in [-0.39, 0.29) is 29.7 Å². The van der Waals surface area contributed by atoms with Crippen molar-refractivity contribution in [3.63, 3.8) is 0 Å². The molecule has 1 aromatic carbocycles. The van der Waals surface area contributed by atoms with Crippen LogP contribution in [-0.4, -0.2) is 45.9 Å². The summed E-state index contributed by atoms with van der Waals surface area (Å²) in [6, 6.07) is 5.84. The molecule has 0 aliphatic heterocycles. The minimum absolute atomic E-state index is 0.102. The Morgan fingerprint density at radius 3 is 2.41 bits per heavy atom. The van der Waals surface area contributed by atoms with Gasteiger partial charge in [-0.05, 0) is 38.1 Å². The highest BCUT2D eigenvalue weighted by molar-refractivity contribution is 7.91. The summed E-state index contributed by atoms with van der Waals surface area (Å²) in [7, 11) is -0.373. The first kappa shape index (κ1) is 20.9. The zero-order valence-corrected chi connectivity index (χ0v) is 16.7. The summed E-state index contributed by atoms with van der Waals surface area (Å²) in [5, 5.41) is 2.79. The number of nitrogens with one attached hydrogen (secondary N) is 1. The van der Waals surface area contributed by atoms with E-state index in [1.165, 1.54) is 31.4 Å². The molecule has 1 heterocycles. The SMILES string of the molecule is COCCS(=O)(=O)c1ccc(C(=O)NCc2ncc(C)c(OC)c2C)cc1. The molecule has 0 saturated heterocycles. The largest absolute Gasteiger partial charge is 0.496 e. The van der Waals surface area contributed by atoms with E-state index in [2.05, 4.69) is 10.3 Å². The average Bonchev–Trinajstić information content (AvgIpc) is 2.66. The molecule has 0 unspecified atom stereocenters. The number of pyridine rings is 1. The average molecular weight is 392 g/mol.